The van der Waals surface area contributed by atoms with Gasteiger partial charge >= 0.3 is 0 Å². The predicted octanol–water partition coefficient (Wildman–Crippen LogP) is 1.29. The minimum absolute atomic E-state index is 0.199. The zero-order chi connectivity index (χ0) is 14.4. The number of aromatic nitrogens is 2. The SMILES string of the molecule is O=C(NC1c2ccccc2CC1O)c1n[nH]c2c1CCC2. The van der Waals surface area contributed by atoms with Gasteiger partial charge in [-0.15, -0.1) is 0 Å². The van der Waals surface area contributed by atoms with Crippen molar-refractivity contribution in [3.05, 3.63) is 52.3 Å². The van der Waals surface area contributed by atoms with Gasteiger partial charge in [0.05, 0.1) is 12.1 Å². The molecule has 2 atom stereocenters. The summed E-state index contributed by atoms with van der Waals surface area (Å²) >= 11 is 0. The average Bonchev–Trinajstić information content (AvgIpc) is 3.14. The Labute approximate surface area is 122 Å². The van der Waals surface area contributed by atoms with E-state index in [2.05, 4.69) is 15.5 Å². The third-order valence-electron chi connectivity index (χ3n) is 4.51. The number of aromatic amines is 1. The lowest BCUT2D eigenvalue weighted by Crippen LogP contribution is -2.34. The standard InChI is InChI=1S/C16H17N3O2/c20-13-8-9-4-1-2-5-10(9)14(13)17-16(21)15-11-6-3-7-12(11)18-19-15/h1-2,4-5,13-14,20H,3,6-8H2,(H,17,21)(H,18,19). The van der Waals surface area contributed by atoms with Gasteiger partial charge in [0.1, 0.15) is 0 Å². The Morgan fingerprint density at radius 2 is 2.19 bits per heavy atom. The Hall–Kier alpha value is -2.14. The lowest BCUT2D eigenvalue weighted by molar-refractivity contribution is 0.0852. The summed E-state index contributed by atoms with van der Waals surface area (Å²) < 4.78 is 0. The average molecular weight is 283 g/mol. The minimum atomic E-state index is -0.571. The molecule has 4 rings (SSSR count). The Morgan fingerprint density at radius 3 is 3.10 bits per heavy atom. The van der Waals surface area contributed by atoms with Crippen molar-refractivity contribution in [2.75, 3.05) is 0 Å². The highest BCUT2D eigenvalue weighted by Crippen LogP contribution is 2.32. The molecule has 0 bridgehead atoms. The number of aliphatic hydroxyl groups excluding tert-OH is 1. The van der Waals surface area contributed by atoms with E-state index in [0.717, 1.165) is 41.6 Å². The van der Waals surface area contributed by atoms with Crippen molar-refractivity contribution < 1.29 is 9.90 Å². The van der Waals surface area contributed by atoms with Crippen molar-refractivity contribution in [3.8, 4) is 0 Å². The highest BCUT2D eigenvalue weighted by atomic mass is 16.3. The van der Waals surface area contributed by atoms with Gasteiger partial charge in [0, 0.05) is 17.7 Å². The zero-order valence-corrected chi connectivity index (χ0v) is 11.6. The summed E-state index contributed by atoms with van der Waals surface area (Å²) in [5, 5.41) is 20.2. The van der Waals surface area contributed by atoms with Crippen molar-refractivity contribution >= 4 is 5.91 Å². The molecule has 21 heavy (non-hydrogen) atoms. The van der Waals surface area contributed by atoms with Gasteiger partial charge in [-0.25, -0.2) is 0 Å². The summed E-state index contributed by atoms with van der Waals surface area (Å²) in [7, 11) is 0. The fourth-order valence-electron chi connectivity index (χ4n) is 3.46. The molecule has 3 N–H and O–H groups in total. The summed E-state index contributed by atoms with van der Waals surface area (Å²) in [5.41, 5.74) is 4.70. The number of hydrogen-bond acceptors (Lipinski definition) is 3. The normalized spacial score (nSPS) is 22.9. The highest BCUT2D eigenvalue weighted by molar-refractivity contribution is 5.94. The van der Waals surface area contributed by atoms with Crippen LogP contribution >= 0.6 is 0 Å². The van der Waals surface area contributed by atoms with Gasteiger partial charge in [0.15, 0.2) is 5.69 Å². The Kier molecular flexibility index (Phi) is 2.82. The van der Waals surface area contributed by atoms with Crippen LogP contribution in [0.4, 0.5) is 0 Å². The number of aryl methyl sites for hydroxylation is 1. The van der Waals surface area contributed by atoms with Gasteiger partial charge in [0.25, 0.3) is 5.91 Å². The third-order valence-corrected chi connectivity index (χ3v) is 4.51. The number of nitrogens with zero attached hydrogens (tertiary/aromatic N) is 1. The summed E-state index contributed by atoms with van der Waals surface area (Å²) in [5.74, 6) is -0.199. The monoisotopic (exact) mass is 283 g/mol. The van der Waals surface area contributed by atoms with E-state index >= 15 is 0 Å². The fourth-order valence-corrected chi connectivity index (χ4v) is 3.46. The summed E-state index contributed by atoms with van der Waals surface area (Å²) in [6, 6.07) is 7.50. The minimum Gasteiger partial charge on any atom is -0.390 e. The van der Waals surface area contributed by atoms with E-state index in [1.165, 1.54) is 0 Å². The summed E-state index contributed by atoms with van der Waals surface area (Å²) in [6.45, 7) is 0. The molecule has 1 aromatic carbocycles. The van der Waals surface area contributed by atoms with Gasteiger partial charge < -0.3 is 10.4 Å². The molecule has 2 aliphatic rings. The lowest BCUT2D eigenvalue weighted by Gasteiger charge is -2.17. The number of carbonyl (C=O) groups is 1. The third kappa shape index (κ3) is 1.96. The fraction of sp³-hybridized carbons (Fsp3) is 0.375. The van der Waals surface area contributed by atoms with Crippen molar-refractivity contribution in [3.63, 3.8) is 0 Å². The number of H-pyrrole nitrogens is 1. The van der Waals surface area contributed by atoms with Crippen LogP contribution in [0.2, 0.25) is 0 Å². The van der Waals surface area contributed by atoms with E-state index in [9.17, 15) is 9.90 Å². The van der Waals surface area contributed by atoms with Crippen LogP contribution in [-0.2, 0) is 19.3 Å². The predicted molar refractivity (Wildman–Crippen MR) is 77.0 cm³/mol. The second-order valence-electron chi connectivity index (χ2n) is 5.80. The number of benzene rings is 1. The van der Waals surface area contributed by atoms with E-state index in [1.807, 2.05) is 24.3 Å². The highest BCUT2D eigenvalue weighted by Gasteiger charge is 2.33. The molecule has 0 radical (unpaired) electrons. The van der Waals surface area contributed by atoms with Crippen molar-refractivity contribution in [2.24, 2.45) is 0 Å². The zero-order valence-electron chi connectivity index (χ0n) is 11.6. The van der Waals surface area contributed by atoms with E-state index in [4.69, 9.17) is 0 Å². The first-order chi connectivity index (χ1) is 10.2. The first kappa shape index (κ1) is 12.6. The van der Waals surface area contributed by atoms with Crippen LogP contribution in [0, 0.1) is 0 Å². The first-order valence-electron chi connectivity index (χ1n) is 7.37. The summed E-state index contributed by atoms with van der Waals surface area (Å²) in [6.07, 6.45) is 2.94. The molecule has 2 aliphatic carbocycles. The van der Waals surface area contributed by atoms with Crippen LogP contribution in [0.1, 0.15) is 45.3 Å². The molecular weight excluding hydrogens is 266 g/mol. The van der Waals surface area contributed by atoms with E-state index in [-0.39, 0.29) is 11.9 Å². The maximum Gasteiger partial charge on any atom is 0.272 e. The molecule has 1 heterocycles. The van der Waals surface area contributed by atoms with Gasteiger partial charge in [0.2, 0.25) is 0 Å². The topological polar surface area (TPSA) is 78.0 Å². The molecule has 0 fully saturated rings. The van der Waals surface area contributed by atoms with Crippen LogP contribution in [0.5, 0.6) is 0 Å². The van der Waals surface area contributed by atoms with Crippen molar-refractivity contribution in [2.45, 2.75) is 37.8 Å². The van der Waals surface area contributed by atoms with Crippen LogP contribution in [0.25, 0.3) is 0 Å². The van der Waals surface area contributed by atoms with E-state index < -0.39 is 6.10 Å². The van der Waals surface area contributed by atoms with Crippen molar-refractivity contribution in [1.82, 2.24) is 15.5 Å². The van der Waals surface area contributed by atoms with Gasteiger partial charge in [-0.1, -0.05) is 24.3 Å². The largest absolute Gasteiger partial charge is 0.390 e. The van der Waals surface area contributed by atoms with Gasteiger partial charge in [-0.2, -0.15) is 5.10 Å². The molecule has 1 amide bonds. The molecule has 0 spiro atoms. The molecular formula is C16H17N3O2. The second-order valence-corrected chi connectivity index (χ2v) is 5.80. The number of fused-ring (bicyclic) bond motifs is 2. The Morgan fingerprint density at radius 1 is 1.33 bits per heavy atom. The van der Waals surface area contributed by atoms with Crippen LogP contribution in [-0.4, -0.2) is 27.3 Å². The number of nitrogens with one attached hydrogen (secondary N) is 2. The van der Waals surface area contributed by atoms with Crippen LogP contribution < -0.4 is 5.32 Å². The van der Waals surface area contributed by atoms with Gasteiger partial charge in [-0.3, -0.25) is 9.89 Å². The van der Waals surface area contributed by atoms with E-state index in [0.29, 0.717) is 12.1 Å². The molecule has 2 aromatic rings. The van der Waals surface area contributed by atoms with Crippen LogP contribution in [0.15, 0.2) is 24.3 Å². The number of carbonyl (C=O) groups excluding carboxylic acids is 1. The van der Waals surface area contributed by atoms with Crippen molar-refractivity contribution in [1.29, 1.82) is 0 Å². The number of rotatable bonds is 2. The van der Waals surface area contributed by atoms with Gasteiger partial charge in [-0.05, 0) is 30.4 Å². The molecule has 5 heteroatoms. The Bertz CT molecular complexity index is 707. The number of hydrogen-bond donors (Lipinski definition) is 3. The molecule has 2 unspecified atom stereocenters. The van der Waals surface area contributed by atoms with Crippen LogP contribution in [0.3, 0.4) is 0 Å². The maximum atomic E-state index is 12.5. The summed E-state index contributed by atoms with van der Waals surface area (Å²) in [4.78, 5) is 12.5. The smallest absolute Gasteiger partial charge is 0.272 e. The quantitative estimate of drug-likeness (QED) is 0.777. The molecule has 0 saturated heterocycles. The first-order valence-corrected chi connectivity index (χ1v) is 7.37. The van der Waals surface area contributed by atoms with E-state index in [1.54, 1.807) is 0 Å². The number of aliphatic hydroxyl groups is 1. The maximum absolute atomic E-state index is 12.5. The molecule has 1 aromatic heterocycles. The molecule has 0 saturated carbocycles. The molecule has 5 nitrogen and oxygen atoms in total. The number of amides is 1. The molecule has 108 valence electrons. The Balaban J connectivity index is 1.60. The second kappa shape index (κ2) is 4.70. The molecule has 0 aliphatic heterocycles. The lowest BCUT2D eigenvalue weighted by atomic mass is 10.1.